The Hall–Kier alpha value is -2.00. The number of benzene rings is 1. The van der Waals surface area contributed by atoms with Gasteiger partial charge in [0, 0.05) is 0 Å². The van der Waals surface area contributed by atoms with Crippen LogP contribution < -0.4 is 5.32 Å². The van der Waals surface area contributed by atoms with Crippen molar-refractivity contribution < 1.29 is 13.9 Å². The predicted octanol–water partition coefficient (Wildman–Crippen LogP) is 3.06. The first-order valence-corrected chi connectivity index (χ1v) is 4.93. The molecule has 0 fully saturated rings. The van der Waals surface area contributed by atoms with Crippen LogP contribution in [-0.2, 0) is 0 Å². The average Bonchev–Trinajstić information content (AvgIpc) is 2.24. The van der Waals surface area contributed by atoms with Gasteiger partial charge in [0.05, 0.1) is 0 Å². The molecule has 0 aliphatic carbocycles. The van der Waals surface area contributed by atoms with Crippen molar-refractivity contribution in [3.05, 3.63) is 41.2 Å². The van der Waals surface area contributed by atoms with Gasteiger partial charge < -0.3 is 10.4 Å². The van der Waals surface area contributed by atoms with Gasteiger partial charge in [-0.2, -0.15) is 5.26 Å². The third-order valence-electron chi connectivity index (χ3n) is 1.90. The summed E-state index contributed by atoms with van der Waals surface area (Å²) in [6.45, 7) is 1.25. The van der Waals surface area contributed by atoms with Crippen LogP contribution in [0, 0.1) is 23.0 Å². The largest absolute Gasteiger partial charge is 0.511 e. The Morgan fingerprint density at radius 2 is 1.94 bits per heavy atom. The second-order valence-corrected chi connectivity index (χ2v) is 3.53. The van der Waals surface area contributed by atoms with Crippen molar-refractivity contribution in [2.75, 3.05) is 5.32 Å². The third kappa shape index (κ3) is 2.98. The maximum Gasteiger partial charge on any atom is 0.149 e. The molecule has 88 valence electrons. The Balaban J connectivity index is 3.05. The smallest absolute Gasteiger partial charge is 0.149 e. The molecule has 1 aromatic rings. The molecule has 0 radical (unpaired) electrons. The van der Waals surface area contributed by atoms with E-state index in [-0.39, 0.29) is 16.3 Å². The van der Waals surface area contributed by atoms with Gasteiger partial charge in [-0.25, -0.2) is 8.78 Å². The number of hydrogen-bond donors (Lipinski definition) is 2. The van der Waals surface area contributed by atoms with Crippen molar-refractivity contribution in [1.82, 2.24) is 0 Å². The lowest BCUT2D eigenvalue weighted by Gasteiger charge is -2.09. The second-order valence-electron chi connectivity index (χ2n) is 3.12. The minimum atomic E-state index is -0.833. The summed E-state index contributed by atoms with van der Waals surface area (Å²) in [6, 6.07) is 4.95. The van der Waals surface area contributed by atoms with Crippen LogP contribution in [0.5, 0.6) is 0 Å². The molecule has 0 amide bonds. The molecule has 0 unspecified atom stereocenters. The van der Waals surface area contributed by atoms with Crippen molar-refractivity contribution in [3.8, 4) is 6.07 Å². The number of nitrogens with one attached hydrogen (secondary N) is 1. The zero-order valence-electron chi connectivity index (χ0n) is 8.79. The maximum absolute atomic E-state index is 13.3. The standard InChI is InChI=1S/C11H8F2N2OS/c1-6(16)7(5-14)11(17)15-10-8(12)3-2-4-9(10)13/h2-4,16H,1H3,(H,15,17). The van der Waals surface area contributed by atoms with Crippen LogP contribution in [0.25, 0.3) is 0 Å². The number of thiocarbonyl (C=S) groups is 1. The van der Waals surface area contributed by atoms with Gasteiger partial charge in [0.15, 0.2) is 0 Å². The molecule has 0 atom stereocenters. The normalized spacial score (nSPS) is 11.4. The summed E-state index contributed by atoms with van der Waals surface area (Å²) in [5.41, 5.74) is -0.686. The van der Waals surface area contributed by atoms with Gasteiger partial charge in [-0.3, -0.25) is 0 Å². The van der Waals surface area contributed by atoms with Crippen molar-refractivity contribution in [2.45, 2.75) is 6.92 Å². The number of anilines is 1. The molecule has 2 N–H and O–H groups in total. The van der Waals surface area contributed by atoms with Crippen molar-refractivity contribution >= 4 is 22.9 Å². The zero-order valence-corrected chi connectivity index (χ0v) is 9.61. The highest BCUT2D eigenvalue weighted by molar-refractivity contribution is 7.81. The summed E-state index contributed by atoms with van der Waals surface area (Å²) >= 11 is 4.77. The monoisotopic (exact) mass is 254 g/mol. The molecule has 3 nitrogen and oxygen atoms in total. The van der Waals surface area contributed by atoms with Crippen molar-refractivity contribution in [1.29, 1.82) is 5.26 Å². The van der Waals surface area contributed by atoms with E-state index in [2.05, 4.69) is 5.32 Å². The molecule has 0 saturated carbocycles. The van der Waals surface area contributed by atoms with Crippen molar-refractivity contribution in [2.24, 2.45) is 0 Å². The van der Waals surface area contributed by atoms with E-state index in [1.807, 2.05) is 0 Å². The van der Waals surface area contributed by atoms with Gasteiger partial charge in [0.2, 0.25) is 0 Å². The summed E-state index contributed by atoms with van der Waals surface area (Å²) in [5.74, 6) is -1.98. The summed E-state index contributed by atoms with van der Waals surface area (Å²) < 4.78 is 26.5. The number of nitriles is 1. The quantitative estimate of drug-likeness (QED) is 0.368. The topological polar surface area (TPSA) is 56.0 Å². The van der Waals surface area contributed by atoms with Gasteiger partial charge in [-0.1, -0.05) is 18.3 Å². The summed E-state index contributed by atoms with van der Waals surface area (Å²) in [6.07, 6.45) is 0. The lowest BCUT2D eigenvalue weighted by atomic mass is 10.2. The van der Waals surface area contributed by atoms with E-state index >= 15 is 0 Å². The van der Waals surface area contributed by atoms with Crippen LogP contribution in [0.3, 0.4) is 0 Å². The molecule has 0 saturated heterocycles. The molecule has 1 rings (SSSR count). The van der Waals surface area contributed by atoms with Crippen LogP contribution in [0.15, 0.2) is 29.5 Å². The number of aliphatic hydroxyl groups excluding tert-OH is 1. The molecule has 0 spiro atoms. The minimum Gasteiger partial charge on any atom is -0.511 e. The number of aliphatic hydroxyl groups is 1. The fourth-order valence-corrected chi connectivity index (χ4v) is 1.38. The third-order valence-corrected chi connectivity index (χ3v) is 2.21. The molecule has 0 bridgehead atoms. The van der Waals surface area contributed by atoms with E-state index in [1.165, 1.54) is 13.0 Å². The van der Waals surface area contributed by atoms with Gasteiger partial charge >= 0.3 is 0 Å². The molecule has 0 aliphatic heterocycles. The Labute approximate surface area is 102 Å². The SMILES string of the molecule is CC(O)=C(C#N)C(=S)Nc1c(F)cccc1F. The number of para-hydroxylation sites is 1. The molecule has 0 heterocycles. The van der Waals surface area contributed by atoms with E-state index in [4.69, 9.17) is 22.6 Å². The number of halogens is 2. The molecule has 0 aliphatic rings. The predicted molar refractivity (Wildman–Crippen MR) is 63.5 cm³/mol. The van der Waals surface area contributed by atoms with E-state index in [0.717, 1.165) is 12.1 Å². The highest BCUT2D eigenvalue weighted by Crippen LogP contribution is 2.19. The van der Waals surface area contributed by atoms with E-state index in [0.29, 0.717) is 0 Å². The fourth-order valence-electron chi connectivity index (χ4n) is 1.09. The molecule has 0 aromatic heterocycles. The Morgan fingerprint density at radius 3 is 2.35 bits per heavy atom. The fraction of sp³-hybridized carbons (Fsp3) is 0.0909. The van der Waals surface area contributed by atoms with Gasteiger partial charge in [0.25, 0.3) is 0 Å². The zero-order chi connectivity index (χ0) is 13.0. The average molecular weight is 254 g/mol. The lowest BCUT2D eigenvalue weighted by Crippen LogP contribution is -2.14. The first-order valence-electron chi connectivity index (χ1n) is 4.52. The lowest BCUT2D eigenvalue weighted by molar-refractivity contribution is 0.412. The Morgan fingerprint density at radius 1 is 1.41 bits per heavy atom. The van der Waals surface area contributed by atoms with Crippen LogP contribution in [0.2, 0.25) is 0 Å². The number of rotatable bonds is 2. The molecular formula is C11H8F2N2OS. The molecule has 6 heteroatoms. The van der Waals surface area contributed by atoms with E-state index < -0.39 is 17.3 Å². The molecular weight excluding hydrogens is 246 g/mol. The molecule has 1 aromatic carbocycles. The number of hydrogen-bond acceptors (Lipinski definition) is 3. The first-order chi connectivity index (χ1) is 7.97. The Kier molecular flexibility index (Phi) is 4.12. The summed E-state index contributed by atoms with van der Waals surface area (Å²) in [4.78, 5) is -0.239. The summed E-state index contributed by atoms with van der Waals surface area (Å²) in [7, 11) is 0. The Bertz CT molecular complexity index is 511. The van der Waals surface area contributed by atoms with Gasteiger partial charge in [-0.05, 0) is 19.1 Å². The second kappa shape index (κ2) is 5.37. The highest BCUT2D eigenvalue weighted by atomic mass is 32.1. The van der Waals surface area contributed by atoms with Crippen LogP contribution in [0.1, 0.15) is 6.92 Å². The van der Waals surface area contributed by atoms with Crippen LogP contribution in [0.4, 0.5) is 14.5 Å². The number of nitrogens with zero attached hydrogens (tertiary/aromatic N) is 1. The van der Waals surface area contributed by atoms with Crippen molar-refractivity contribution in [3.63, 3.8) is 0 Å². The van der Waals surface area contributed by atoms with Crippen LogP contribution in [-0.4, -0.2) is 10.1 Å². The van der Waals surface area contributed by atoms with Crippen LogP contribution >= 0.6 is 12.2 Å². The number of allylic oxidation sites excluding steroid dienone is 1. The highest BCUT2D eigenvalue weighted by Gasteiger charge is 2.13. The first kappa shape index (κ1) is 13.1. The molecule has 17 heavy (non-hydrogen) atoms. The maximum atomic E-state index is 13.3. The van der Waals surface area contributed by atoms with Gasteiger partial charge in [-0.15, -0.1) is 0 Å². The summed E-state index contributed by atoms with van der Waals surface area (Å²) in [5, 5.41) is 20.1. The van der Waals surface area contributed by atoms with E-state index in [1.54, 1.807) is 6.07 Å². The van der Waals surface area contributed by atoms with Gasteiger partial charge in [0.1, 0.15) is 39.7 Å². The minimum absolute atomic E-state index is 0.234. The van der Waals surface area contributed by atoms with E-state index in [9.17, 15) is 8.78 Å².